The number of hydrogen-bond acceptors (Lipinski definition) is 22. The van der Waals surface area contributed by atoms with E-state index in [9.17, 15) is 23.8 Å². The molecule has 3 saturated carbocycles. The van der Waals surface area contributed by atoms with Crippen molar-refractivity contribution in [3.63, 3.8) is 0 Å². The largest absolute Gasteiger partial charge is 0.778 e. The molecule has 4 N–H and O–H groups in total. The molecule has 1 saturated heterocycles. The van der Waals surface area contributed by atoms with Gasteiger partial charge in [-0.05, 0) is 224 Å². The second kappa shape index (κ2) is 41.9. The minimum Gasteiger partial charge on any atom is -0.778 e. The molecule has 4 fully saturated rings. The van der Waals surface area contributed by atoms with E-state index in [2.05, 4.69) is 151 Å². The Morgan fingerprint density at radius 2 is 1.00 bits per heavy atom. The van der Waals surface area contributed by atoms with Crippen molar-refractivity contribution in [2.75, 3.05) is 30.5 Å². The van der Waals surface area contributed by atoms with Crippen molar-refractivity contribution in [2.45, 2.75) is 202 Å². The van der Waals surface area contributed by atoms with Gasteiger partial charge in [-0.25, -0.2) is 0 Å². The highest BCUT2D eigenvalue weighted by Crippen LogP contribution is 2.57. The van der Waals surface area contributed by atoms with Gasteiger partial charge in [0.25, 0.3) is 0 Å². The van der Waals surface area contributed by atoms with Crippen molar-refractivity contribution in [2.24, 2.45) is 76.7 Å². The number of carbonyl (C=O) groups excluding carboxylic acids is 3. The number of nitrogens with two attached hydrogens (primary N) is 1. The summed E-state index contributed by atoms with van der Waals surface area (Å²) in [4.78, 5) is 50.3. The fourth-order valence-corrected chi connectivity index (χ4v) is 18.2. The van der Waals surface area contributed by atoms with Crippen LogP contribution in [0.2, 0.25) is 0 Å². The van der Waals surface area contributed by atoms with E-state index in [1.54, 1.807) is 62.6 Å². The van der Waals surface area contributed by atoms with E-state index in [1.807, 2.05) is 51.2 Å². The molecule has 7 unspecified atom stereocenters. The Morgan fingerprint density at radius 1 is 0.566 bits per heavy atom. The average molecular weight is 1550 g/mol. The van der Waals surface area contributed by atoms with Crippen LogP contribution in [-0.4, -0.2) is 127 Å². The second-order valence-electron chi connectivity index (χ2n) is 31.1. The van der Waals surface area contributed by atoms with Gasteiger partial charge in [-0.3, -0.25) is 14.4 Å². The molecule has 4 aromatic heterocycles. The predicted octanol–water partition coefficient (Wildman–Crippen LogP) is 14.3. The van der Waals surface area contributed by atoms with Crippen LogP contribution in [0, 0.1) is 109 Å². The van der Waals surface area contributed by atoms with Crippen molar-refractivity contribution in [1.82, 2.24) is 71.4 Å². The minimum atomic E-state index is -3.80. The van der Waals surface area contributed by atoms with Crippen LogP contribution in [0.15, 0.2) is 122 Å². The molecule has 0 spiro atoms. The molecule has 0 bridgehead atoms. The zero-order chi connectivity index (χ0) is 79.6. The van der Waals surface area contributed by atoms with Crippen molar-refractivity contribution in [3.8, 4) is 69.1 Å². The summed E-state index contributed by atoms with van der Waals surface area (Å²) in [6, 6.07) is 30.6. The Morgan fingerprint density at radius 3 is 1.46 bits per heavy atom. The molecule has 8 aromatic rings. The highest BCUT2D eigenvalue weighted by Gasteiger charge is 2.50. The number of fused-ring (bicyclic) bond motifs is 4. The smallest absolute Gasteiger partial charge is 0.227 e. The van der Waals surface area contributed by atoms with Crippen molar-refractivity contribution in [1.29, 1.82) is 0 Å². The maximum atomic E-state index is 13.0. The number of rotatable bonds is 25. The van der Waals surface area contributed by atoms with Crippen LogP contribution in [0.25, 0.3) is 45.4 Å². The molecule has 5 heterocycles. The molecule has 4 aromatic carbocycles. The molecule has 25 nitrogen and oxygen atoms in total. The van der Waals surface area contributed by atoms with E-state index in [-0.39, 0.29) is 48.6 Å². The number of nitrogens with zero attached hydrogens (tertiary/aromatic N) is 14. The van der Waals surface area contributed by atoms with Crippen LogP contribution < -0.4 is 21.3 Å². The van der Waals surface area contributed by atoms with Gasteiger partial charge in [0, 0.05) is 96.8 Å². The van der Waals surface area contributed by atoms with E-state index in [1.165, 1.54) is 98.2 Å². The van der Waals surface area contributed by atoms with E-state index in [0.29, 0.717) is 72.6 Å². The van der Waals surface area contributed by atoms with Gasteiger partial charge < -0.3 is 39.8 Å². The fraction of sp³-hybridized carbons (Fsp3) is 0.529. The summed E-state index contributed by atoms with van der Waals surface area (Å²) in [5.41, 5.74) is 17.0. The molecule has 16 atom stereocenters. The number of hydrogen-bond donors (Lipinski definition) is 3. The minimum absolute atomic E-state index is 0.0142. The van der Waals surface area contributed by atoms with Crippen LogP contribution in [-0.2, 0) is 45.8 Å². The maximum absolute atomic E-state index is 13.0. The number of aromatic nitrogens is 14. The third kappa shape index (κ3) is 24.7. The third-order valence-corrected chi connectivity index (χ3v) is 25.0. The van der Waals surface area contributed by atoms with Gasteiger partial charge in [0.2, 0.25) is 35.2 Å². The SMILES string of the molecule is CCC1[C@H]2CCC#CCC[C@@H]12.CCC1[C@H]2CCc3cnnc(-c4ccc(C)cc4)c3CC[C@@H]12.CC[C@H](CCC(CC(C)C(=O)Nc1ccc(-c2nncnn2)cc1)C(N)=O)C(=O)Nc1ccc(-c2nncnn2)cc1.COC1C[C@H](C)O[C@@H]1CCP(=O)([O-])OCCC1[C@H]2CCC#CCC[C@@H]12.Cc1ccc(-c2nncnn2)cc1. The molecule has 1 aliphatic heterocycles. The van der Waals surface area contributed by atoms with Gasteiger partial charge in [-0.15, -0.1) is 84.9 Å². The van der Waals surface area contributed by atoms with E-state index in [0.717, 1.165) is 116 Å². The fourth-order valence-electron chi connectivity index (χ4n) is 17.1. The van der Waals surface area contributed by atoms with Crippen LogP contribution in [0.4, 0.5) is 11.4 Å². The summed E-state index contributed by atoms with van der Waals surface area (Å²) in [6.45, 7) is 14.8. The van der Waals surface area contributed by atoms with Gasteiger partial charge in [0.1, 0.15) is 7.60 Å². The Hall–Kier alpha value is -9.62. The molecule has 0 radical (unpaired) electrons. The number of primary amides is 1. The first-order valence-electron chi connectivity index (χ1n) is 40.6. The lowest BCUT2D eigenvalue weighted by Gasteiger charge is -2.26. The lowest BCUT2D eigenvalue weighted by Crippen LogP contribution is -2.31. The van der Waals surface area contributed by atoms with Crippen LogP contribution in [0.5, 0.6) is 0 Å². The summed E-state index contributed by atoms with van der Waals surface area (Å²) >= 11 is 0. The number of carbonyl (C=O) groups is 3. The molecule has 3 amide bonds. The van der Waals surface area contributed by atoms with Gasteiger partial charge >= 0.3 is 0 Å². The third-order valence-electron chi connectivity index (χ3n) is 23.7. The van der Waals surface area contributed by atoms with Crippen LogP contribution in [0.3, 0.4) is 0 Å². The molecule has 6 aliphatic carbocycles. The number of methoxy groups -OCH3 is 1. The van der Waals surface area contributed by atoms with Gasteiger partial charge in [0.15, 0.2) is 19.0 Å². The van der Waals surface area contributed by atoms with Crippen molar-refractivity contribution in [3.05, 3.63) is 144 Å². The number of anilines is 2. The number of amides is 3. The molecule has 15 rings (SSSR count). The number of benzene rings is 4. The van der Waals surface area contributed by atoms with Crippen LogP contribution >= 0.6 is 7.60 Å². The summed E-state index contributed by atoms with van der Waals surface area (Å²) in [5.74, 6) is 20.1. The molecular formula is C87H109N17O8P-. The second-order valence-corrected chi connectivity index (χ2v) is 33.0. The Labute approximate surface area is 665 Å². The quantitative estimate of drug-likeness (QED) is 0.0353. The molecule has 596 valence electrons. The lowest BCUT2D eigenvalue weighted by molar-refractivity contribution is -0.199. The van der Waals surface area contributed by atoms with Gasteiger partial charge in [-0.1, -0.05) is 100 Å². The number of ether oxygens (including phenoxy) is 2. The monoisotopic (exact) mass is 1550 g/mol. The van der Waals surface area contributed by atoms with E-state index >= 15 is 0 Å². The number of aryl methyl sites for hydroxylation is 3. The van der Waals surface area contributed by atoms with Crippen LogP contribution in [0.1, 0.15) is 179 Å². The standard InChI is InChI=1S/C28H31N11O3.C20H24N2.C19H31O5P.C11H16.C9H8N4/c1-3-18(28(42)35-23-12-8-20(9-13-23)26-38-32-16-33-39-26)4-5-21(24(29)40)14-17(2)27(41)34-22-10-6-19(7-11-22)25-36-30-15-31-37-25;1-3-16-18-9-8-15-12-21-22-20(17(15)10-11-19(16)18)14-6-4-13(2)5-7-14;1-14-13-19(22-2)18(24-14)10-12-25(20,21)23-11-9-17-15-7-5-3-4-6-8-16(15)17;1-2-9-10-7-5-3-4-6-8-11(9)10;1-7-2-4-8(5-3-7)9-12-10-6-11-13-9/h6-13,15-18,21H,3-5,14H2,1-2H3,(H2,29,40)(H,34,41)(H,35,42);4-7,12,16,18-19H,3,8-11H2,1-2H3;14-19H,5-13H2,1-2H3,(H,20,21);9-11H,2,5-8H2,1H3;2-6H,1H3/p-1/t17?,18-,21?;16?,18-,19+;14-,15-,16+,17?,18+,19?;9?,10-,11+;/m110../s1. The zero-order valence-corrected chi connectivity index (χ0v) is 67.4. The first kappa shape index (κ1) is 84.3. The Kier molecular flexibility index (Phi) is 31.3. The topological polar surface area (TPSA) is 350 Å². The van der Waals surface area contributed by atoms with E-state index < -0.39 is 25.3 Å². The predicted molar refractivity (Wildman–Crippen MR) is 431 cm³/mol. The molecular weight excluding hydrogens is 1440 g/mol. The lowest BCUT2D eigenvalue weighted by atomic mass is 9.87. The maximum Gasteiger partial charge on any atom is 0.227 e. The summed E-state index contributed by atoms with van der Waals surface area (Å²) in [7, 11) is -2.15. The average Bonchev–Trinajstić information content (AvgIpc) is 1.59. The highest BCUT2D eigenvalue weighted by atomic mass is 31.2. The summed E-state index contributed by atoms with van der Waals surface area (Å²) in [5, 5.41) is 60.1. The first-order valence-corrected chi connectivity index (χ1v) is 42.3. The molecule has 7 aliphatic rings. The highest BCUT2D eigenvalue weighted by molar-refractivity contribution is 7.51. The molecule has 113 heavy (non-hydrogen) atoms. The zero-order valence-electron chi connectivity index (χ0n) is 66.5. The van der Waals surface area contributed by atoms with Gasteiger partial charge in [0.05, 0.1) is 36.8 Å². The van der Waals surface area contributed by atoms with Crippen molar-refractivity contribution >= 4 is 36.7 Å². The number of nitrogens with one attached hydrogen (secondary N) is 2. The first-order chi connectivity index (χ1) is 54.9. The normalized spacial score (nSPS) is 23.9. The van der Waals surface area contributed by atoms with Gasteiger partial charge in [-0.2, -0.15) is 10.2 Å². The summed E-state index contributed by atoms with van der Waals surface area (Å²) < 4.78 is 28.6. The van der Waals surface area contributed by atoms with Crippen molar-refractivity contribution < 1.29 is 37.8 Å². The summed E-state index contributed by atoms with van der Waals surface area (Å²) in [6.07, 6.45) is 26.8. The molecule has 26 heteroatoms. The Bertz CT molecular complexity index is 4480. The van der Waals surface area contributed by atoms with E-state index in [4.69, 9.17) is 19.7 Å². The Balaban J connectivity index is 0.000000151.